The summed E-state index contributed by atoms with van der Waals surface area (Å²) in [6, 6.07) is 10.5. The number of rotatable bonds is 2. The first-order chi connectivity index (χ1) is 11.1. The van der Waals surface area contributed by atoms with Crippen LogP contribution in [0.2, 0.25) is 4.82 Å². The summed E-state index contributed by atoms with van der Waals surface area (Å²) >= 11 is 0.178. The molecule has 1 aromatic carbocycles. The quantitative estimate of drug-likeness (QED) is 0.449. The molecule has 1 aliphatic heterocycles. The molecule has 0 amide bonds. The fraction of sp³-hybridized carbons (Fsp3) is 0.550. The van der Waals surface area contributed by atoms with Gasteiger partial charge in [-0.05, 0) is 0 Å². The first-order valence-electron chi connectivity index (χ1n) is 8.66. The third-order valence-corrected chi connectivity index (χ3v) is 8.93. The van der Waals surface area contributed by atoms with Gasteiger partial charge in [-0.15, -0.1) is 0 Å². The molecule has 0 N–H and O–H groups in total. The van der Waals surface area contributed by atoms with Gasteiger partial charge in [-0.3, -0.25) is 0 Å². The molecule has 1 heterocycles. The van der Waals surface area contributed by atoms with Crippen LogP contribution in [0.5, 0.6) is 0 Å². The zero-order valence-electron chi connectivity index (χ0n) is 13.8. The molecule has 2 nitrogen and oxygen atoms in total. The second kappa shape index (κ2) is 5.79. The minimum absolute atomic E-state index is 0.0627. The van der Waals surface area contributed by atoms with Crippen molar-refractivity contribution in [3.8, 4) is 0 Å². The molecule has 0 bridgehead atoms. The van der Waals surface area contributed by atoms with Crippen molar-refractivity contribution in [3.63, 3.8) is 0 Å². The van der Waals surface area contributed by atoms with Crippen LogP contribution in [0.1, 0.15) is 39.5 Å². The normalized spacial score (nSPS) is 39.2. The molecule has 23 heavy (non-hydrogen) atoms. The van der Waals surface area contributed by atoms with Crippen LogP contribution in [-0.4, -0.2) is 27.0 Å². The molecule has 1 unspecified atom stereocenters. The van der Waals surface area contributed by atoms with Crippen LogP contribution in [0, 0.1) is 17.3 Å². The Kier molecular flexibility index (Phi) is 3.90. The molecule has 1 aromatic rings. The molecule has 0 spiro atoms. The van der Waals surface area contributed by atoms with Gasteiger partial charge in [-0.1, -0.05) is 0 Å². The van der Waals surface area contributed by atoms with E-state index in [-0.39, 0.29) is 31.8 Å². The van der Waals surface area contributed by atoms with Crippen LogP contribution in [0.25, 0.3) is 0 Å². The van der Waals surface area contributed by atoms with E-state index in [1.54, 1.807) is 5.57 Å². The third-order valence-electron chi connectivity index (χ3n) is 6.12. The molecule has 0 aromatic heterocycles. The van der Waals surface area contributed by atoms with E-state index in [2.05, 4.69) is 44.2 Å². The maximum absolute atomic E-state index is 12.5. The van der Waals surface area contributed by atoms with Gasteiger partial charge in [0, 0.05) is 0 Å². The van der Waals surface area contributed by atoms with Crippen LogP contribution in [0.3, 0.4) is 0 Å². The van der Waals surface area contributed by atoms with Crippen molar-refractivity contribution in [2.45, 2.75) is 50.5 Å². The molecular weight excluding hydrogens is 351 g/mol. The zero-order valence-corrected chi connectivity index (χ0v) is 15.5. The van der Waals surface area contributed by atoms with Gasteiger partial charge in [-0.25, -0.2) is 0 Å². The summed E-state index contributed by atoms with van der Waals surface area (Å²) in [5.74, 6) is 1.12. The second-order valence-corrected chi connectivity index (χ2v) is 10.2. The molecule has 1 saturated carbocycles. The summed E-state index contributed by atoms with van der Waals surface area (Å²) in [7, 11) is 0. The molecule has 2 fully saturated rings. The number of hydrogen-bond donors (Lipinski definition) is 0. The Bertz CT molecular complexity index is 638. The number of ether oxygens (including phenoxy) is 1. The summed E-state index contributed by atoms with van der Waals surface area (Å²) in [4.78, 5) is 12.6. The molecule has 1 saturated heterocycles. The first-order valence-corrected chi connectivity index (χ1v) is 10.5. The number of carbonyl (C=O) groups excluding carboxylic acids is 1. The zero-order chi connectivity index (χ0) is 16.0. The van der Waals surface area contributed by atoms with Crippen LogP contribution < -0.4 is 4.46 Å². The minimum atomic E-state index is 0.0627. The fourth-order valence-electron chi connectivity index (χ4n) is 4.87. The maximum atomic E-state index is 12.5. The topological polar surface area (TPSA) is 26.3 Å². The predicted molar refractivity (Wildman–Crippen MR) is 92.8 cm³/mol. The van der Waals surface area contributed by atoms with Gasteiger partial charge in [0.2, 0.25) is 0 Å². The van der Waals surface area contributed by atoms with Gasteiger partial charge in [0.25, 0.3) is 0 Å². The van der Waals surface area contributed by atoms with Crippen LogP contribution in [0.4, 0.5) is 0 Å². The van der Waals surface area contributed by atoms with E-state index >= 15 is 0 Å². The van der Waals surface area contributed by atoms with E-state index < -0.39 is 0 Å². The van der Waals surface area contributed by atoms with Gasteiger partial charge >= 0.3 is 145 Å². The molecule has 2 aliphatic carbocycles. The Labute approximate surface area is 144 Å². The number of fused-ring (bicyclic) bond motifs is 2. The number of allylic oxidation sites excluding steroid dienone is 2. The summed E-state index contributed by atoms with van der Waals surface area (Å²) in [6.07, 6.45) is 7.19. The number of benzene rings is 1. The average molecular weight is 375 g/mol. The van der Waals surface area contributed by atoms with Crippen molar-refractivity contribution in [1.82, 2.24) is 0 Å². The molecular formula is C20H24O2Se. The fourth-order valence-corrected chi connectivity index (χ4v) is 7.43. The monoisotopic (exact) mass is 376 g/mol. The Morgan fingerprint density at radius 2 is 2.04 bits per heavy atom. The van der Waals surface area contributed by atoms with Crippen LogP contribution in [0.15, 0.2) is 42.0 Å². The average Bonchev–Trinajstić information content (AvgIpc) is 2.81. The molecule has 0 radical (unpaired) electrons. The van der Waals surface area contributed by atoms with E-state index in [9.17, 15) is 4.79 Å². The molecule has 3 aliphatic rings. The van der Waals surface area contributed by atoms with E-state index in [0.717, 1.165) is 12.8 Å². The van der Waals surface area contributed by atoms with Crippen molar-refractivity contribution in [2.75, 3.05) is 0 Å². The summed E-state index contributed by atoms with van der Waals surface area (Å²) in [5, 5.41) is 0. The molecule has 4 rings (SSSR count). The molecule has 122 valence electrons. The summed E-state index contributed by atoms with van der Waals surface area (Å²) < 4.78 is 7.17. The van der Waals surface area contributed by atoms with Crippen LogP contribution >= 0.6 is 0 Å². The van der Waals surface area contributed by atoms with Crippen molar-refractivity contribution < 1.29 is 9.53 Å². The summed E-state index contributed by atoms with van der Waals surface area (Å²) in [6.45, 7) is 4.70. The number of esters is 1. The van der Waals surface area contributed by atoms with E-state index in [1.807, 2.05) is 6.07 Å². The van der Waals surface area contributed by atoms with Gasteiger partial charge < -0.3 is 0 Å². The predicted octanol–water partition coefficient (Wildman–Crippen LogP) is 3.50. The Morgan fingerprint density at radius 3 is 2.83 bits per heavy atom. The number of carbonyl (C=O) groups is 1. The van der Waals surface area contributed by atoms with Crippen LogP contribution in [-0.2, 0) is 9.53 Å². The van der Waals surface area contributed by atoms with Crippen molar-refractivity contribution in [1.29, 1.82) is 0 Å². The van der Waals surface area contributed by atoms with Gasteiger partial charge in [0.1, 0.15) is 0 Å². The Balaban J connectivity index is 1.59. The van der Waals surface area contributed by atoms with E-state index in [4.69, 9.17) is 4.74 Å². The SMILES string of the molecule is CC1=CCC[C@@]2(C)C[C@@H]3OC(=O)C([Se]c4ccccc4)[C@@H]3C[C@H]12. The van der Waals surface area contributed by atoms with Crippen molar-refractivity contribution in [3.05, 3.63) is 42.0 Å². The number of hydrogen-bond acceptors (Lipinski definition) is 2. The first kappa shape index (κ1) is 15.5. The Hall–Kier alpha value is -1.05. The van der Waals surface area contributed by atoms with E-state index in [0.29, 0.717) is 17.3 Å². The van der Waals surface area contributed by atoms with Gasteiger partial charge in [0.05, 0.1) is 0 Å². The molecule has 5 atom stereocenters. The third kappa shape index (κ3) is 2.68. The standard InChI is InChI=1S/C20H24O2Se/c1-13-7-6-10-20(2)12-17-15(11-16(13)20)18(19(21)22-17)23-14-8-4-3-5-9-14/h3-5,7-9,15-18H,6,10-12H2,1-2H3/t15-,16-,17+,18?,20+/m1/s1. The van der Waals surface area contributed by atoms with E-state index in [1.165, 1.54) is 17.3 Å². The van der Waals surface area contributed by atoms with Crippen molar-refractivity contribution in [2.24, 2.45) is 17.3 Å². The van der Waals surface area contributed by atoms with Gasteiger partial charge in [0.15, 0.2) is 0 Å². The summed E-state index contributed by atoms with van der Waals surface area (Å²) in [5.41, 5.74) is 1.87. The van der Waals surface area contributed by atoms with Crippen molar-refractivity contribution >= 4 is 25.4 Å². The second-order valence-electron chi connectivity index (χ2n) is 7.62. The Morgan fingerprint density at radius 1 is 1.26 bits per heavy atom. The van der Waals surface area contributed by atoms with Gasteiger partial charge in [-0.2, -0.15) is 0 Å². The molecule has 3 heteroatoms.